The number of alkyl carbamates (subject to hydrolysis) is 2. The highest BCUT2D eigenvalue weighted by molar-refractivity contribution is 6.01. The van der Waals surface area contributed by atoms with Gasteiger partial charge in [-0.05, 0) is 35.6 Å². The molecule has 5 N–H and O–H groups in total. The molecule has 0 radical (unpaired) electrons. The van der Waals surface area contributed by atoms with Crippen molar-refractivity contribution in [2.75, 3.05) is 25.0 Å². The molecule has 0 spiro atoms. The molecule has 0 bridgehead atoms. The summed E-state index contributed by atoms with van der Waals surface area (Å²) in [6, 6.07) is 29.0. The van der Waals surface area contributed by atoms with Crippen molar-refractivity contribution in [2.45, 2.75) is 57.5 Å². The Labute approximate surface area is 311 Å². The number of hydrogen-bond acceptors (Lipinski definition) is 12. The predicted octanol–water partition coefficient (Wildman–Crippen LogP) is 4.16. The molecule has 1 fully saturated rings. The summed E-state index contributed by atoms with van der Waals surface area (Å²) >= 11 is 0. The number of anilines is 1. The van der Waals surface area contributed by atoms with Crippen molar-refractivity contribution in [3.8, 4) is 0 Å². The molecule has 16 nitrogen and oxygen atoms in total. The number of nitrogens with zero attached hydrogens (tertiary/aromatic N) is 4. The van der Waals surface area contributed by atoms with Crippen molar-refractivity contribution < 1.29 is 43.5 Å². The van der Waals surface area contributed by atoms with Crippen LogP contribution in [-0.4, -0.2) is 75.9 Å². The molecule has 0 aliphatic carbocycles. The molecule has 1 saturated heterocycles. The third-order valence-corrected chi connectivity index (χ3v) is 7.89. The molecule has 5 rings (SSSR count). The highest BCUT2D eigenvalue weighted by atomic mass is 16.6. The molecule has 2 heterocycles. The fraction of sp³-hybridized carbons (Fsp3) is 0.316. The molecule has 54 heavy (non-hydrogen) atoms. The van der Waals surface area contributed by atoms with E-state index in [9.17, 15) is 24.6 Å². The number of aliphatic hydroxyl groups excluding tert-OH is 2. The number of nitrogens with one attached hydrogen (secondary N) is 3. The Morgan fingerprint density at radius 1 is 0.759 bits per heavy atom. The summed E-state index contributed by atoms with van der Waals surface area (Å²) in [5.74, 6) is 0.0188. The fourth-order valence-corrected chi connectivity index (χ4v) is 5.18. The highest BCUT2D eigenvalue weighted by Crippen LogP contribution is 2.27. The molecule has 0 saturated carbocycles. The summed E-state index contributed by atoms with van der Waals surface area (Å²) in [5, 5.41) is 27.8. The van der Waals surface area contributed by atoms with Gasteiger partial charge in [0.25, 0.3) is 0 Å². The van der Waals surface area contributed by atoms with Crippen LogP contribution >= 0.6 is 0 Å². The molecule has 1 aliphatic rings. The summed E-state index contributed by atoms with van der Waals surface area (Å²) in [6.45, 7) is 0.286. The molecule has 3 amide bonds. The van der Waals surface area contributed by atoms with Gasteiger partial charge in [0.1, 0.15) is 31.7 Å². The van der Waals surface area contributed by atoms with Gasteiger partial charge in [0.05, 0.1) is 12.7 Å². The van der Waals surface area contributed by atoms with Crippen molar-refractivity contribution >= 4 is 30.1 Å². The van der Waals surface area contributed by atoms with Gasteiger partial charge in [0.2, 0.25) is 11.6 Å². The number of ether oxygens (including phenoxy) is 4. The molecule has 3 aromatic carbocycles. The number of aliphatic hydroxyl groups is 2. The predicted molar refractivity (Wildman–Crippen MR) is 196 cm³/mol. The van der Waals surface area contributed by atoms with Gasteiger partial charge in [-0.2, -0.15) is 4.98 Å². The number of benzene rings is 3. The van der Waals surface area contributed by atoms with E-state index in [1.165, 1.54) is 10.6 Å². The van der Waals surface area contributed by atoms with Gasteiger partial charge < -0.3 is 29.2 Å². The van der Waals surface area contributed by atoms with Crippen LogP contribution in [0, 0.1) is 0 Å². The van der Waals surface area contributed by atoms with Crippen LogP contribution in [0.5, 0.6) is 0 Å². The minimum absolute atomic E-state index is 0.0170. The second kappa shape index (κ2) is 20.8. The maximum atomic E-state index is 12.6. The first-order chi connectivity index (χ1) is 26.4. The molecule has 0 unspecified atom stereocenters. The van der Waals surface area contributed by atoms with Gasteiger partial charge in [-0.25, -0.2) is 14.4 Å². The lowest BCUT2D eigenvalue weighted by Crippen LogP contribution is -2.44. The summed E-state index contributed by atoms with van der Waals surface area (Å²) in [4.78, 5) is 51.1. The Morgan fingerprint density at radius 2 is 1.28 bits per heavy atom. The third-order valence-electron chi connectivity index (χ3n) is 7.89. The van der Waals surface area contributed by atoms with E-state index in [2.05, 4.69) is 30.9 Å². The lowest BCUT2D eigenvalue weighted by molar-refractivity contribution is -0.0534. The molecular weight excluding hydrogens is 698 g/mol. The maximum Gasteiger partial charge on any atom is 0.414 e. The summed E-state index contributed by atoms with van der Waals surface area (Å²) in [5.41, 5.74) is 2.55. The monoisotopic (exact) mass is 741 g/mol. The molecule has 284 valence electrons. The van der Waals surface area contributed by atoms with E-state index in [0.29, 0.717) is 12.8 Å². The average Bonchev–Trinajstić information content (AvgIpc) is 3.58. The first-order valence-corrected chi connectivity index (χ1v) is 17.4. The number of amides is 3. The van der Waals surface area contributed by atoms with Crippen LogP contribution in [0.25, 0.3) is 0 Å². The Balaban J connectivity index is 1.21. The first kappa shape index (κ1) is 39.1. The smallest absolute Gasteiger partial charge is 0.414 e. The minimum atomic E-state index is -0.927. The van der Waals surface area contributed by atoms with Crippen LogP contribution in [0.1, 0.15) is 42.2 Å². The van der Waals surface area contributed by atoms with Crippen molar-refractivity contribution in [1.82, 2.24) is 20.2 Å². The molecular formula is C38H43N7O9. The normalized spacial score (nSPS) is 16.6. The van der Waals surface area contributed by atoms with Crippen LogP contribution in [0.3, 0.4) is 0 Å². The van der Waals surface area contributed by atoms with Crippen LogP contribution in [-0.2, 0) is 38.8 Å². The second-order valence-corrected chi connectivity index (χ2v) is 12.0. The Hall–Kier alpha value is -6.10. The van der Waals surface area contributed by atoms with Crippen LogP contribution in [0.2, 0.25) is 0 Å². The second-order valence-electron chi connectivity index (χ2n) is 12.0. The standard InChI is InChI=1S/C38H43N7O9/c46-23-30-22-31(47)33(54-30)45-21-18-32(42-36(48)51-24-27-12-4-1-5-13-27)41-35(45)40-20-11-10-19-39-34(43-37(49)52-25-28-14-6-2-7-15-28)44-38(50)53-26-29-16-8-3-9-17-29/h1-9,12-18,21,30-31,33,46-47H,10-11,19-20,22-26H2,(H,40,41,42,48)(H2,39,43,44,49,50)/t30-,31+,33+/m0/s1. The average molecular weight is 742 g/mol. The van der Waals surface area contributed by atoms with Gasteiger partial charge in [-0.1, -0.05) is 91.0 Å². The van der Waals surface area contributed by atoms with Gasteiger partial charge in [0.15, 0.2) is 6.23 Å². The van der Waals surface area contributed by atoms with Crippen LogP contribution < -0.4 is 21.6 Å². The number of aromatic nitrogens is 2. The Morgan fingerprint density at radius 3 is 1.80 bits per heavy atom. The summed E-state index contributed by atoms with van der Waals surface area (Å²) in [7, 11) is 0. The minimum Gasteiger partial charge on any atom is -0.444 e. The zero-order valence-corrected chi connectivity index (χ0v) is 29.5. The van der Waals surface area contributed by atoms with Crippen LogP contribution in [0.15, 0.2) is 113 Å². The van der Waals surface area contributed by atoms with E-state index in [1.807, 2.05) is 91.0 Å². The lowest BCUT2D eigenvalue weighted by atomic mass is 10.2. The molecule has 3 atom stereocenters. The van der Waals surface area contributed by atoms with Crippen molar-refractivity contribution in [3.05, 3.63) is 126 Å². The summed E-state index contributed by atoms with van der Waals surface area (Å²) in [6.07, 6.45) is -1.91. The van der Waals surface area contributed by atoms with E-state index < -0.39 is 36.7 Å². The number of guanidine groups is 1. The van der Waals surface area contributed by atoms with Gasteiger partial charge >= 0.3 is 18.3 Å². The molecule has 4 aromatic rings. The van der Waals surface area contributed by atoms with Crippen molar-refractivity contribution in [2.24, 2.45) is 9.98 Å². The summed E-state index contributed by atoms with van der Waals surface area (Å²) < 4.78 is 23.2. The topological polar surface area (TPSA) is 207 Å². The number of carbonyl (C=O) groups is 3. The molecule has 16 heteroatoms. The fourth-order valence-electron chi connectivity index (χ4n) is 5.18. The Kier molecular flexibility index (Phi) is 15.1. The van der Waals surface area contributed by atoms with Gasteiger partial charge in [0, 0.05) is 25.7 Å². The SMILES string of the molecule is O=C(NC(=NCCCCN=c1nc(NC(=O)OCc2ccccc2)ccn1[C@@H]1O[C@H](CO)C[C@H]1O)NC(=O)OCc1ccccc1)OCc1ccccc1. The van der Waals surface area contributed by atoms with Crippen LogP contribution in [0.4, 0.5) is 20.2 Å². The quantitative estimate of drug-likeness (QED) is 0.0540. The lowest BCUT2D eigenvalue weighted by Gasteiger charge is -2.19. The number of carbonyl (C=O) groups excluding carboxylic acids is 3. The van der Waals surface area contributed by atoms with Crippen molar-refractivity contribution in [1.29, 1.82) is 0 Å². The Bertz CT molecular complexity index is 1830. The number of hydrogen-bond donors (Lipinski definition) is 5. The third kappa shape index (κ3) is 12.8. The van der Waals surface area contributed by atoms with Gasteiger partial charge in [-0.15, -0.1) is 0 Å². The van der Waals surface area contributed by atoms with Gasteiger partial charge in [-0.3, -0.25) is 30.5 Å². The zero-order valence-electron chi connectivity index (χ0n) is 29.5. The van der Waals surface area contributed by atoms with E-state index in [-0.39, 0.29) is 63.3 Å². The van der Waals surface area contributed by atoms with Crippen molar-refractivity contribution in [3.63, 3.8) is 0 Å². The zero-order chi connectivity index (χ0) is 38.0. The highest BCUT2D eigenvalue weighted by Gasteiger charge is 2.35. The molecule has 1 aliphatic heterocycles. The van der Waals surface area contributed by atoms with E-state index in [4.69, 9.17) is 18.9 Å². The maximum absolute atomic E-state index is 12.6. The van der Waals surface area contributed by atoms with E-state index >= 15 is 0 Å². The first-order valence-electron chi connectivity index (χ1n) is 17.4. The largest absolute Gasteiger partial charge is 0.444 e. The van der Waals surface area contributed by atoms with E-state index in [1.54, 1.807) is 6.20 Å². The number of rotatable bonds is 14. The number of aliphatic imine (C=N–C) groups is 1. The van der Waals surface area contributed by atoms with E-state index in [0.717, 1.165) is 16.7 Å². The molecule has 1 aromatic heterocycles. The number of unbranched alkanes of at least 4 members (excludes halogenated alkanes) is 1.